The van der Waals surface area contributed by atoms with Crippen molar-refractivity contribution < 1.29 is 9.90 Å². The van der Waals surface area contributed by atoms with E-state index in [9.17, 15) is 9.90 Å². The number of carbonyl (C=O) groups is 1. The maximum atomic E-state index is 12.2. The zero-order valence-electron chi connectivity index (χ0n) is 15.6. The van der Waals surface area contributed by atoms with Gasteiger partial charge in [0.15, 0.2) is 0 Å². The lowest BCUT2D eigenvalue weighted by atomic mass is 10.1. The Balaban J connectivity index is 2.15. The summed E-state index contributed by atoms with van der Waals surface area (Å²) in [7, 11) is 0. The first-order valence-electron chi connectivity index (χ1n) is 9.02. The minimum absolute atomic E-state index is 0.200. The molecular formula is C24H17Cl2NO2. The Hall–Kier alpha value is -3.01. The molecule has 0 unspecified atom stereocenters. The number of carboxylic acid groups (broad SMARTS) is 1. The molecule has 0 aliphatic carbocycles. The molecule has 0 saturated heterocycles. The van der Waals surface area contributed by atoms with Gasteiger partial charge in [-0.25, -0.2) is 4.79 Å². The van der Waals surface area contributed by atoms with Gasteiger partial charge in [0.05, 0.1) is 22.6 Å². The highest BCUT2D eigenvalue weighted by Gasteiger charge is 2.24. The van der Waals surface area contributed by atoms with E-state index >= 15 is 0 Å². The van der Waals surface area contributed by atoms with E-state index in [1.165, 1.54) is 0 Å². The average molecular weight is 422 g/mol. The summed E-state index contributed by atoms with van der Waals surface area (Å²) in [6.45, 7) is 1.97. The summed E-state index contributed by atoms with van der Waals surface area (Å²) in [6, 6.07) is 24.2. The summed E-state index contributed by atoms with van der Waals surface area (Å²) < 4.78 is 1.95. The highest BCUT2D eigenvalue weighted by molar-refractivity contribution is 6.31. The van der Waals surface area contributed by atoms with Crippen LogP contribution in [0.4, 0.5) is 0 Å². The first-order chi connectivity index (χ1) is 14.0. The van der Waals surface area contributed by atoms with Gasteiger partial charge < -0.3 is 9.67 Å². The van der Waals surface area contributed by atoms with Gasteiger partial charge in [-0.3, -0.25) is 0 Å². The number of aromatic nitrogens is 1. The SMILES string of the molecule is Cc1ccc(Cl)cc1-n1c(-c2ccccc2)cc(C(=O)O)c1-c1cccc(Cl)c1. The largest absolute Gasteiger partial charge is 0.478 e. The summed E-state index contributed by atoms with van der Waals surface area (Å²) in [5, 5.41) is 11.1. The Labute approximate surface area is 178 Å². The van der Waals surface area contributed by atoms with Gasteiger partial charge in [-0.1, -0.05) is 71.7 Å². The van der Waals surface area contributed by atoms with E-state index in [2.05, 4.69) is 0 Å². The lowest BCUT2D eigenvalue weighted by Gasteiger charge is -2.17. The van der Waals surface area contributed by atoms with Gasteiger partial charge in [0.1, 0.15) is 0 Å². The number of rotatable bonds is 4. The monoisotopic (exact) mass is 421 g/mol. The van der Waals surface area contributed by atoms with Crippen LogP contribution in [-0.4, -0.2) is 15.6 Å². The van der Waals surface area contributed by atoms with Gasteiger partial charge in [-0.2, -0.15) is 0 Å². The lowest BCUT2D eigenvalue weighted by Crippen LogP contribution is -2.04. The third-order valence-corrected chi connectivity index (χ3v) is 5.28. The molecule has 0 radical (unpaired) electrons. The molecule has 1 aromatic heterocycles. The molecule has 144 valence electrons. The van der Waals surface area contributed by atoms with Crippen molar-refractivity contribution >= 4 is 29.2 Å². The Kier molecular flexibility index (Phi) is 5.18. The Morgan fingerprint density at radius 1 is 0.828 bits per heavy atom. The third kappa shape index (κ3) is 3.67. The summed E-state index contributed by atoms with van der Waals surface area (Å²) >= 11 is 12.5. The molecule has 3 nitrogen and oxygen atoms in total. The number of benzene rings is 3. The van der Waals surface area contributed by atoms with Gasteiger partial charge in [0.2, 0.25) is 0 Å². The Bertz CT molecular complexity index is 1210. The van der Waals surface area contributed by atoms with Crippen LogP contribution in [0.3, 0.4) is 0 Å². The molecule has 0 bridgehead atoms. The van der Waals surface area contributed by atoms with Crippen molar-refractivity contribution in [2.75, 3.05) is 0 Å². The van der Waals surface area contributed by atoms with E-state index in [-0.39, 0.29) is 5.56 Å². The fourth-order valence-electron chi connectivity index (χ4n) is 3.49. The zero-order chi connectivity index (χ0) is 20.5. The van der Waals surface area contributed by atoms with Crippen LogP contribution in [0.5, 0.6) is 0 Å². The van der Waals surface area contributed by atoms with Crippen LogP contribution in [0.25, 0.3) is 28.2 Å². The Morgan fingerprint density at radius 3 is 2.21 bits per heavy atom. The van der Waals surface area contributed by atoms with E-state index in [0.717, 1.165) is 28.1 Å². The third-order valence-electron chi connectivity index (χ3n) is 4.81. The van der Waals surface area contributed by atoms with E-state index in [0.29, 0.717) is 15.7 Å². The van der Waals surface area contributed by atoms with E-state index < -0.39 is 5.97 Å². The molecule has 1 N–H and O–H groups in total. The van der Waals surface area contributed by atoms with Crippen molar-refractivity contribution in [3.05, 3.63) is 100 Å². The molecule has 0 saturated carbocycles. The number of carboxylic acids is 1. The molecule has 5 heteroatoms. The van der Waals surface area contributed by atoms with Crippen LogP contribution in [0, 0.1) is 6.92 Å². The molecule has 29 heavy (non-hydrogen) atoms. The summed E-state index contributed by atoms with van der Waals surface area (Å²) in [5.41, 5.74) is 4.94. The molecule has 0 fully saturated rings. The van der Waals surface area contributed by atoms with E-state index in [1.54, 1.807) is 18.2 Å². The molecule has 0 amide bonds. The molecule has 0 aliphatic heterocycles. The molecule has 0 spiro atoms. The lowest BCUT2D eigenvalue weighted by molar-refractivity contribution is 0.0698. The highest BCUT2D eigenvalue weighted by atomic mass is 35.5. The van der Waals surface area contributed by atoms with Crippen LogP contribution in [0.1, 0.15) is 15.9 Å². The minimum Gasteiger partial charge on any atom is -0.478 e. The molecular weight excluding hydrogens is 405 g/mol. The fraction of sp³-hybridized carbons (Fsp3) is 0.0417. The van der Waals surface area contributed by atoms with E-state index in [4.69, 9.17) is 23.2 Å². The summed E-state index contributed by atoms with van der Waals surface area (Å²) in [6.07, 6.45) is 0. The first-order valence-corrected chi connectivity index (χ1v) is 9.78. The number of nitrogens with zero attached hydrogens (tertiary/aromatic N) is 1. The number of aryl methyl sites for hydroxylation is 1. The van der Waals surface area contributed by atoms with Crippen molar-refractivity contribution in [1.29, 1.82) is 0 Å². The molecule has 0 aliphatic rings. The van der Waals surface area contributed by atoms with Crippen molar-refractivity contribution in [3.8, 4) is 28.2 Å². The fourth-order valence-corrected chi connectivity index (χ4v) is 3.85. The van der Waals surface area contributed by atoms with Crippen LogP contribution >= 0.6 is 23.2 Å². The van der Waals surface area contributed by atoms with Crippen molar-refractivity contribution in [1.82, 2.24) is 4.57 Å². The predicted octanol–water partition coefficient (Wildman–Crippen LogP) is 7.12. The standard InChI is InChI=1S/C24H17Cl2NO2/c1-15-10-11-19(26)13-21(15)27-22(16-6-3-2-4-7-16)14-20(24(28)29)23(27)17-8-5-9-18(25)12-17/h2-14H,1H3,(H,28,29). The van der Waals surface area contributed by atoms with Crippen LogP contribution in [0.15, 0.2) is 78.9 Å². The van der Waals surface area contributed by atoms with Gasteiger partial charge in [0.25, 0.3) is 0 Å². The Morgan fingerprint density at radius 2 is 1.52 bits per heavy atom. The molecule has 4 rings (SSSR count). The highest BCUT2D eigenvalue weighted by Crippen LogP contribution is 2.38. The second-order valence-corrected chi connectivity index (χ2v) is 7.61. The second-order valence-electron chi connectivity index (χ2n) is 6.74. The maximum absolute atomic E-state index is 12.2. The maximum Gasteiger partial charge on any atom is 0.337 e. The normalized spacial score (nSPS) is 10.9. The predicted molar refractivity (Wildman–Crippen MR) is 118 cm³/mol. The number of halogens is 2. The van der Waals surface area contributed by atoms with Gasteiger partial charge in [-0.15, -0.1) is 0 Å². The number of hydrogen-bond acceptors (Lipinski definition) is 1. The van der Waals surface area contributed by atoms with Crippen molar-refractivity contribution in [3.63, 3.8) is 0 Å². The second kappa shape index (κ2) is 7.78. The van der Waals surface area contributed by atoms with Gasteiger partial charge in [0, 0.05) is 15.6 Å². The number of aromatic carboxylic acids is 1. The smallest absolute Gasteiger partial charge is 0.337 e. The minimum atomic E-state index is -1.00. The zero-order valence-corrected chi connectivity index (χ0v) is 17.1. The first kappa shape index (κ1) is 19.3. The number of hydrogen-bond donors (Lipinski definition) is 1. The topological polar surface area (TPSA) is 42.2 Å². The molecule has 3 aromatic carbocycles. The van der Waals surface area contributed by atoms with Gasteiger partial charge in [-0.05, 0) is 48.4 Å². The average Bonchev–Trinajstić information content (AvgIpc) is 3.11. The van der Waals surface area contributed by atoms with Crippen molar-refractivity contribution in [2.24, 2.45) is 0 Å². The molecule has 1 heterocycles. The van der Waals surface area contributed by atoms with E-state index in [1.807, 2.05) is 72.2 Å². The molecule has 0 atom stereocenters. The van der Waals surface area contributed by atoms with Gasteiger partial charge >= 0.3 is 5.97 Å². The summed E-state index contributed by atoms with van der Waals surface area (Å²) in [5.74, 6) is -1.00. The van der Waals surface area contributed by atoms with Crippen molar-refractivity contribution in [2.45, 2.75) is 6.92 Å². The van der Waals surface area contributed by atoms with Crippen LogP contribution < -0.4 is 0 Å². The molecule has 4 aromatic rings. The van der Waals surface area contributed by atoms with Crippen LogP contribution in [-0.2, 0) is 0 Å². The quantitative estimate of drug-likeness (QED) is 0.380. The summed E-state index contributed by atoms with van der Waals surface area (Å²) in [4.78, 5) is 12.2. The van der Waals surface area contributed by atoms with Crippen LogP contribution in [0.2, 0.25) is 10.0 Å².